The molecular weight excluding hydrogens is 266 g/mol. The molecule has 110 valence electrons. The second-order valence-corrected chi connectivity index (χ2v) is 4.43. The lowest BCUT2D eigenvalue weighted by Gasteiger charge is -2.12. The Morgan fingerprint density at radius 1 is 1.24 bits per heavy atom. The van der Waals surface area contributed by atoms with Crippen molar-refractivity contribution in [3.8, 4) is 5.88 Å². The first-order valence-corrected chi connectivity index (χ1v) is 6.85. The molecule has 0 unspecified atom stereocenters. The predicted octanol–water partition coefficient (Wildman–Crippen LogP) is 2.45. The topological polar surface area (TPSA) is 63.2 Å². The number of carbonyl (C=O) groups excluding carboxylic acids is 1. The summed E-state index contributed by atoms with van der Waals surface area (Å²) in [4.78, 5) is 16.4. The summed E-state index contributed by atoms with van der Waals surface area (Å²) in [5, 5.41) is 6.07. The van der Waals surface area contributed by atoms with E-state index in [1.807, 2.05) is 37.3 Å². The minimum atomic E-state index is -0.127. The number of hydrogen-bond acceptors (Lipinski definition) is 4. The number of nitrogens with one attached hydrogen (secondary N) is 2. The van der Waals surface area contributed by atoms with Gasteiger partial charge in [-0.3, -0.25) is 4.79 Å². The maximum Gasteiger partial charge on any atom is 0.253 e. The second kappa shape index (κ2) is 7.28. The molecule has 2 rings (SSSR count). The highest BCUT2D eigenvalue weighted by molar-refractivity contribution is 5.99. The summed E-state index contributed by atoms with van der Waals surface area (Å²) in [7, 11) is 1.56. The van der Waals surface area contributed by atoms with Crippen LogP contribution in [0.3, 0.4) is 0 Å². The SMILES string of the molecule is CCNc1ccccc1C(=O)NCc1cccnc1OC. The van der Waals surface area contributed by atoms with E-state index in [0.717, 1.165) is 17.8 Å². The van der Waals surface area contributed by atoms with Crippen LogP contribution in [0, 0.1) is 0 Å². The Balaban J connectivity index is 2.08. The van der Waals surface area contributed by atoms with Gasteiger partial charge in [0.25, 0.3) is 5.91 Å². The van der Waals surface area contributed by atoms with Crippen molar-refractivity contribution >= 4 is 11.6 Å². The maximum absolute atomic E-state index is 12.3. The van der Waals surface area contributed by atoms with Gasteiger partial charge in [0.05, 0.1) is 12.7 Å². The lowest BCUT2D eigenvalue weighted by molar-refractivity contribution is 0.0951. The summed E-state index contributed by atoms with van der Waals surface area (Å²) in [5.74, 6) is 0.398. The number of aromatic nitrogens is 1. The highest BCUT2D eigenvalue weighted by atomic mass is 16.5. The van der Waals surface area contributed by atoms with Gasteiger partial charge in [-0.2, -0.15) is 0 Å². The lowest BCUT2D eigenvalue weighted by Crippen LogP contribution is -2.24. The van der Waals surface area contributed by atoms with Gasteiger partial charge in [-0.25, -0.2) is 4.98 Å². The van der Waals surface area contributed by atoms with Gasteiger partial charge in [0.15, 0.2) is 0 Å². The predicted molar refractivity (Wildman–Crippen MR) is 82.6 cm³/mol. The fourth-order valence-corrected chi connectivity index (χ4v) is 2.04. The molecular formula is C16H19N3O2. The van der Waals surface area contributed by atoms with Crippen molar-refractivity contribution in [3.05, 3.63) is 53.7 Å². The van der Waals surface area contributed by atoms with Crippen LogP contribution in [0.4, 0.5) is 5.69 Å². The van der Waals surface area contributed by atoms with E-state index < -0.39 is 0 Å². The fraction of sp³-hybridized carbons (Fsp3) is 0.250. The van der Waals surface area contributed by atoms with E-state index in [4.69, 9.17) is 4.74 Å². The number of methoxy groups -OCH3 is 1. The molecule has 1 aromatic heterocycles. The van der Waals surface area contributed by atoms with Crippen LogP contribution in [-0.4, -0.2) is 24.5 Å². The first-order chi connectivity index (χ1) is 10.3. The van der Waals surface area contributed by atoms with Crippen molar-refractivity contribution in [2.24, 2.45) is 0 Å². The number of nitrogens with zero attached hydrogens (tertiary/aromatic N) is 1. The zero-order valence-electron chi connectivity index (χ0n) is 12.2. The Morgan fingerprint density at radius 3 is 2.81 bits per heavy atom. The van der Waals surface area contributed by atoms with Gasteiger partial charge in [0.1, 0.15) is 0 Å². The molecule has 21 heavy (non-hydrogen) atoms. The Morgan fingerprint density at radius 2 is 2.05 bits per heavy atom. The molecule has 1 aromatic carbocycles. The van der Waals surface area contributed by atoms with Crippen LogP contribution in [0.5, 0.6) is 5.88 Å². The van der Waals surface area contributed by atoms with Crippen molar-refractivity contribution in [3.63, 3.8) is 0 Å². The Bertz CT molecular complexity index is 614. The first-order valence-electron chi connectivity index (χ1n) is 6.85. The third-order valence-electron chi connectivity index (χ3n) is 3.02. The number of amides is 1. The van der Waals surface area contributed by atoms with E-state index in [2.05, 4.69) is 15.6 Å². The van der Waals surface area contributed by atoms with Gasteiger partial charge in [0, 0.05) is 30.5 Å². The summed E-state index contributed by atoms with van der Waals surface area (Å²) in [6, 6.07) is 11.1. The second-order valence-electron chi connectivity index (χ2n) is 4.43. The molecule has 0 spiro atoms. The molecule has 0 aliphatic rings. The van der Waals surface area contributed by atoms with Gasteiger partial charge in [-0.1, -0.05) is 18.2 Å². The molecule has 0 aliphatic heterocycles. The van der Waals surface area contributed by atoms with E-state index in [9.17, 15) is 4.79 Å². The quantitative estimate of drug-likeness (QED) is 0.855. The summed E-state index contributed by atoms with van der Waals surface area (Å²) < 4.78 is 5.17. The molecule has 0 aliphatic carbocycles. The largest absolute Gasteiger partial charge is 0.481 e. The van der Waals surface area contributed by atoms with Gasteiger partial charge in [0.2, 0.25) is 5.88 Å². The Kier molecular flexibility index (Phi) is 5.15. The Hall–Kier alpha value is -2.56. The highest BCUT2D eigenvalue weighted by Crippen LogP contribution is 2.16. The van der Waals surface area contributed by atoms with Gasteiger partial charge < -0.3 is 15.4 Å². The van der Waals surface area contributed by atoms with Crippen molar-refractivity contribution in [1.29, 1.82) is 0 Å². The van der Waals surface area contributed by atoms with Crippen molar-refractivity contribution in [1.82, 2.24) is 10.3 Å². The molecule has 0 atom stereocenters. The zero-order chi connectivity index (χ0) is 15.1. The van der Waals surface area contributed by atoms with E-state index in [-0.39, 0.29) is 5.91 Å². The van der Waals surface area contributed by atoms with Crippen LogP contribution >= 0.6 is 0 Å². The van der Waals surface area contributed by atoms with Crippen molar-refractivity contribution < 1.29 is 9.53 Å². The van der Waals surface area contributed by atoms with Crippen LogP contribution in [0.25, 0.3) is 0 Å². The summed E-state index contributed by atoms with van der Waals surface area (Å²) >= 11 is 0. The summed E-state index contributed by atoms with van der Waals surface area (Å²) in [5.41, 5.74) is 2.30. The van der Waals surface area contributed by atoms with Crippen LogP contribution < -0.4 is 15.4 Å². The van der Waals surface area contributed by atoms with Gasteiger partial charge in [-0.05, 0) is 25.1 Å². The van der Waals surface area contributed by atoms with E-state index in [1.54, 1.807) is 19.4 Å². The Labute approximate surface area is 124 Å². The number of rotatable bonds is 6. The average molecular weight is 285 g/mol. The highest BCUT2D eigenvalue weighted by Gasteiger charge is 2.11. The summed E-state index contributed by atoms with van der Waals surface area (Å²) in [6.07, 6.45) is 1.66. The molecule has 0 radical (unpaired) electrons. The smallest absolute Gasteiger partial charge is 0.253 e. The average Bonchev–Trinajstić information content (AvgIpc) is 2.53. The molecule has 0 saturated heterocycles. The molecule has 1 amide bonds. The van der Waals surface area contributed by atoms with Crippen LogP contribution in [-0.2, 0) is 6.54 Å². The molecule has 0 saturated carbocycles. The molecule has 5 nitrogen and oxygen atoms in total. The number of pyridine rings is 1. The molecule has 2 aromatic rings. The number of ether oxygens (including phenoxy) is 1. The van der Waals surface area contributed by atoms with Crippen molar-refractivity contribution in [2.45, 2.75) is 13.5 Å². The standard InChI is InChI=1S/C16H19N3O2/c1-3-17-14-9-5-4-8-13(14)15(20)19-11-12-7-6-10-18-16(12)21-2/h4-10,17H,3,11H2,1-2H3,(H,19,20). The zero-order valence-corrected chi connectivity index (χ0v) is 12.2. The molecule has 2 N–H and O–H groups in total. The van der Waals surface area contributed by atoms with Gasteiger partial charge in [-0.15, -0.1) is 0 Å². The number of carbonyl (C=O) groups is 1. The van der Waals surface area contributed by atoms with Gasteiger partial charge >= 0.3 is 0 Å². The molecule has 0 bridgehead atoms. The third-order valence-corrected chi connectivity index (χ3v) is 3.02. The lowest BCUT2D eigenvalue weighted by atomic mass is 10.1. The van der Waals surface area contributed by atoms with Crippen LogP contribution in [0.2, 0.25) is 0 Å². The van der Waals surface area contributed by atoms with Crippen LogP contribution in [0.15, 0.2) is 42.6 Å². The molecule has 1 heterocycles. The number of anilines is 1. The van der Waals surface area contributed by atoms with E-state index in [1.165, 1.54) is 0 Å². The molecule has 0 fully saturated rings. The number of benzene rings is 1. The minimum absolute atomic E-state index is 0.127. The van der Waals surface area contributed by atoms with Crippen LogP contribution in [0.1, 0.15) is 22.8 Å². The minimum Gasteiger partial charge on any atom is -0.481 e. The van der Waals surface area contributed by atoms with E-state index >= 15 is 0 Å². The number of hydrogen-bond donors (Lipinski definition) is 2. The third kappa shape index (κ3) is 3.72. The maximum atomic E-state index is 12.3. The normalized spacial score (nSPS) is 10.0. The summed E-state index contributed by atoms with van der Waals surface area (Å²) in [6.45, 7) is 3.13. The van der Waals surface area contributed by atoms with Crippen molar-refractivity contribution in [2.75, 3.05) is 19.0 Å². The monoisotopic (exact) mass is 285 g/mol. The molecule has 5 heteroatoms. The fourth-order valence-electron chi connectivity index (χ4n) is 2.04. The number of para-hydroxylation sites is 1. The first kappa shape index (κ1) is 14.8. The van der Waals surface area contributed by atoms with E-state index in [0.29, 0.717) is 18.0 Å².